The van der Waals surface area contributed by atoms with Gasteiger partial charge in [-0.3, -0.25) is 14.5 Å². The van der Waals surface area contributed by atoms with E-state index in [1.165, 1.54) is 16.7 Å². The Balaban J connectivity index is 1.75. The molecular weight excluding hydrogens is 388 g/mol. The van der Waals surface area contributed by atoms with Crippen molar-refractivity contribution >= 4 is 29.5 Å². The molecular formula is C22H26N2O4S. The zero-order valence-corrected chi connectivity index (χ0v) is 17.9. The number of β-lactam (4-membered cyclic amide) rings is 1. The summed E-state index contributed by atoms with van der Waals surface area (Å²) in [6, 6.07) is 8.74. The van der Waals surface area contributed by atoms with Crippen molar-refractivity contribution in [2.45, 2.75) is 51.1 Å². The van der Waals surface area contributed by atoms with E-state index >= 15 is 0 Å². The lowest BCUT2D eigenvalue weighted by atomic mass is 10.0. The smallest absolute Gasteiger partial charge is 0.355 e. The summed E-state index contributed by atoms with van der Waals surface area (Å²) >= 11 is 1.53. The van der Waals surface area contributed by atoms with E-state index in [0.29, 0.717) is 5.75 Å². The molecule has 6 nitrogen and oxygen atoms in total. The largest absolute Gasteiger partial charge is 0.455 e. The maximum Gasteiger partial charge on any atom is 0.355 e. The van der Waals surface area contributed by atoms with Crippen LogP contribution in [0.2, 0.25) is 0 Å². The molecule has 0 spiro atoms. The maximum atomic E-state index is 12.8. The maximum absolute atomic E-state index is 12.8. The fraction of sp³-hybridized carbons (Fsp3) is 0.409. The highest BCUT2D eigenvalue weighted by molar-refractivity contribution is 8.00. The first-order valence-corrected chi connectivity index (χ1v) is 10.6. The number of esters is 1. The Kier molecular flexibility index (Phi) is 6.17. The summed E-state index contributed by atoms with van der Waals surface area (Å²) in [4.78, 5) is 39.5. The minimum absolute atomic E-state index is 0.209. The number of carbonyl (C=O) groups excluding carboxylic acids is 3. The molecule has 0 aromatic heterocycles. The molecule has 3 rings (SSSR count). The van der Waals surface area contributed by atoms with E-state index in [1.807, 2.05) is 49.4 Å². The Labute approximate surface area is 175 Å². The molecule has 2 aliphatic heterocycles. The second-order valence-electron chi connectivity index (χ2n) is 7.99. The number of rotatable bonds is 5. The van der Waals surface area contributed by atoms with Crippen molar-refractivity contribution in [2.24, 2.45) is 0 Å². The van der Waals surface area contributed by atoms with E-state index in [1.54, 1.807) is 20.8 Å². The molecule has 0 aliphatic carbocycles. The van der Waals surface area contributed by atoms with E-state index < -0.39 is 17.6 Å². The molecule has 0 bridgehead atoms. The van der Waals surface area contributed by atoms with E-state index in [-0.39, 0.29) is 29.3 Å². The summed E-state index contributed by atoms with van der Waals surface area (Å²) in [7, 11) is 0. The van der Waals surface area contributed by atoms with Crippen LogP contribution in [-0.2, 0) is 25.5 Å². The highest BCUT2D eigenvalue weighted by atomic mass is 32.2. The van der Waals surface area contributed by atoms with Crippen molar-refractivity contribution in [3.8, 4) is 0 Å². The average Bonchev–Trinajstić information content (AvgIpc) is 2.65. The molecule has 2 atom stereocenters. The van der Waals surface area contributed by atoms with Gasteiger partial charge in [0.1, 0.15) is 22.7 Å². The van der Waals surface area contributed by atoms with Gasteiger partial charge in [-0.2, -0.15) is 0 Å². The fourth-order valence-electron chi connectivity index (χ4n) is 3.29. The highest BCUT2D eigenvalue weighted by Gasteiger charge is 2.54. The second kappa shape index (κ2) is 8.45. The van der Waals surface area contributed by atoms with Gasteiger partial charge in [-0.15, -0.1) is 11.8 Å². The van der Waals surface area contributed by atoms with Crippen LogP contribution in [0.3, 0.4) is 0 Å². The van der Waals surface area contributed by atoms with Gasteiger partial charge in [-0.05, 0) is 38.8 Å². The number of carbonyl (C=O) groups is 3. The highest BCUT2D eigenvalue weighted by Crippen LogP contribution is 2.41. The quantitative estimate of drug-likeness (QED) is 0.592. The van der Waals surface area contributed by atoms with Crippen LogP contribution in [0.15, 0.2) is 53.8 Å². The van der Waals surface area contributed by atoms with Crippen molar-refractivity contribution < 1.29 is 19.1 Å². The van der Waals surface area contributed by atoms with Crippen LogP contribution >= 0.6 is 11.8 Å². The van der Waals surface area contributed by atoms with E-state index in [4.69, 9.17) is 4.74 Å². The van der Waals surface area contributed by atoms with E-state index in [0.717, 1.165) is 11.1 Å². The van der Waals surface area contributed by atoms with Crippen LogP contribution < -0.4 is 5.32 Å². The lowest BCUT2D eigenvalue weighted by Crippen LogP contribution is -2.70. The fourth-order valence-corrected chi connectivity index (χ4v) is 4.61. The normalized spacial score (nSPS) is 21.7. The van der Waals surface area contributed by atoms with Gasteiger partial charge in [0.15, 0.2) is 0 Å². The zero-order chi connectivity index (χ0) is 21.2. The number of hydrogen-bond donors (Lipinski definition) is 1. The van der Waals surface area contributed by atoms with Gasteiger partial charge in [0.2, 0.25) is 5.91 Å². The van der Waals surface area contributed by atoms with Crippen molar-refractivity contribution in [1.29, 1.82) is 0 Å². The van der Waals surface area contributed by atoms with Crippen molar-refractivity contribution in [2.75, 3.05) is 5.75 Å². The Hall–Kier alpha value is -2.54. The Morgan fingerprint density at radius 2 is 1.97 bits per heavy atom. The van der Waals surface area contributed by atoms with Crippen LogP contribution in [0.25, 0.3) is 0 Å². The molecule has 2 amide bonds. The number of hydrogen-bond acceptors (Lipinski definition) is 5. The molecule has 2 heterocycles. The van der Waals surface area contributed by atoms with Crippen molar-refractivity contribution in [1.82, 2.24) is 10.2 Å². The summed E-state index contributed by atoms with van der Waals surface area (Å²) in [6.45, 7) is 7.24. The standard InChI is InChI=1S/C22H26N2O4S/c1-5-9-15-13-29-20-17(23-16(25)12-14-10-7-6-8-11-14)19(26)24(20)18(15)21(27)28-22(2,3)4/h5-11,17,20H,12-13H2,1-4H3,(H,23,25)/b9-5-/t17-,20-/m1/s1. The molecule has 7 heteroatoms. The van der Waals surface area contributed by atoms with E-state index in [2.05, 4.69) is 5.32 Å². The number of fused-ring (bicyclic) bond motifs is 1. The molecule has 154 valence electrons. The molecule has 29 heavy (non-hydrogen) atoms. The Morgan fingerprint density at radius 1 is 1.28 bits per heavy atom. The molecule has 0 saturated carbocycles. The molecule has 2 aliphatic rings. The van der Waals surface area contributed by atoms with Gasteiger partial charge in [0.25, 0.3) is 5.91 Å². The first-order valence-electron chi connectivity index (χ1n) is 9.58. The zero-order valence-electron chi connectivity index (χ0n) is 17.1. The Bertz CT molecular complexity index is 871. The number of nitrogens with zero attached hydrogens (tertiary/aromatic N) is 1. The van der Waals surface area contributed by atoms with Crippen LogP contribution in [0, 0.1) is 0 Å². The summed E-state index contributed by atoms with van der Waals surface area (Å²) in [6.07, 6.45) is 3.88. The average molecular weight is 415 g/mol. The topological polar surface area (TPSA) is 75.7 Å². The van der Waals surface area contributed by atoms with Gasteiger partial charge >= 0.3 is 5.97 Å². The molecule has 1 N–H and O–H groups in total. The Morgan fingerprint density at radius 3 is 2.59 bits per heavy atom. The third-order valence-corrected chi connectivity index (χ3v) is 5.78. The third-order valence-electron chi connectivity index (χ3n) is 4.48. The van der Waals surface area contributed by atoms with Crippen LogP contribution in [0.5, 0.6) is 0 Å². The number of benzene rings is 1. The summed E-state index contributed by atoms with van der Waals surface area (Å²) in [5.74, 6) is -0.444. The minimum Gasteiger partial charge on any atom is -0.455 e. The van der Waals surface area contributed by atoms with Gasteiger partial charge in [0, 0.05) is 5.75 Å². The molecule has 1 saturated heterocycles. The molecule has 1 fully saturated rings. The van der Waals surface area contributed by atoms with E-state index in [9.17, 15) is 14.4 Å². The van der Waals surface area contributed by atoms with Crippen LogP contribution in [0.1, 0.15) is 33.3 Å². The lowest BCUT2D eigenvalue weighted by Gasteiger charge is -2.49. The molecule has 1 aromatic carbocycles. The predicted molar refractivity (Wildman–Crippen MR) is 113 cm³/mol. The number of ether oxygens (including phenoxy) is 1. The SMILES string of the molecule is C/C=C\C1=C(C(=O)OC(C)(C)C)N2C(=O)[C@@H](NC(=O)Cc3ccccc3)[C@H]2SC1. The van der Waals surface area contributed by atoms with Crippen LogP contribution in [-0.4, -0.2) is 45.5 Å². The summed E-state index contributed by atoms with van der Waals surface area (Å²) in [5.41, 5.74) is 1.25. The molecule has 0 unspecified atom stereocenters. The van der Waals surface area contributed by atoms with Crippen molar-refractivity contribution in [3.63, 3.8) is 0 Å². The second-order valence-corrected chi connectivity index (χ2v) is 9.10. The minimum atomic E-state index is -0.664. The first-order chi connectivity index (χ1) is 13.7. The van der Waals surface area contributed by atoms with Gasteiger partial charge in [0.05, 0.1) is 6.42 Å². The summed E-state index contributed by atoms with van der Waals surface area (Å²) in [5, 5.41) is 2.52. The monoisotopic (exact) mass is 414 g/mol. The van der Waals surface area contributed by atoms with Crippen LogP contribution in [0.4, 0.5) is 0 Å². The first kappa shape index (κ1) is 21.2. The van der Waals surface area contributed by atoms with Gasteiger partial charge in [-0.1, -0.05) is 42.5 Å². The van der Waals surface area contributed by atoms with Gasteiger partial charge in [-0.25, -0.2) is 4.79 Å². The number of allylic oxidation sites excluding steroid dienone is 2. The lowest BCUT2D eigenvalue weighted by molar-refractivity contribution is -0.158. The predicted octanol–water partition coefficient (Wildman–Crippen LogP) is 2.80. The van der Waals surface area contributed by atoms with Gasteiger partial charge < -0.3 is 10.1 Å². The molecule has 1 aromatic rings. The number of thioether (sulfide) groups is 1. The summed E-state index contributed by atoms with van der Waals surface area (Å²) < 4.78 is 5.53. The number of nitrogens with one attached hydrogen (secondary N) is 1. The van der Waals surface area contributed by atoms with Crippen molar-refractivity contribution in [3.05, 3.63) is 59.3 Å². The third kappa shape index (κ3) is 4.72. The molecule has 0 radical (unpaired) electrons. The number of amides is 2.